The number of nitrogens with zero attached hydrogens (tertiary/aromatic N) is 1. The van der Waals surface area contributed by atoms with Crippen LogP contribution in [-0.2, 0) is 10.2 Å². The summed E-state index contributed by atoms with van der Waals surface area (Å²) in [5.74, 6) is 0. The van der Waals surface area contributed by atoms with E-state index < -0.39 is 21.8 Å². The lowest BCUT2D eigenvalue weighted by Gasteiger charge is -2.31. The molecule has 0 aliphatic heterocycles. The van der Waals surface area contributed by atoms with Gasteiger partial charge in [0.05, 0.1) is 5.54 Å². The third-order valence-corrected chi connectivity index (χ3v) is 2.98. The molecule has 0 aliphatic rings. The molecule has 7 heteroatoms. The van der Waals surface area contributed by atoms with Gasteiger partial charge in [0.25, 0.3) is 0 Å². The third-order valence-electron chi connectivity index (χ3n) is 1.28. The highest BCUT2D eigenvalue weighted by Crippen LogP contribution is 2.16. The maximum atomic E-state index is 11.2. The fourth-order valence-electron chi connectivity index (χ4n) is 0.842. The Morgan fingerprint density at radius 2 is 1.77 bits per heavy atom. The van der Waals surface area contributed by atoms with Gasteiger partial charge in [-0.2, -0.15) is 12.7 Å². The van der Waals surface area contributed by atoms with Gasteiger partial charge in [-0.25, -0.2) is 9.52 Å². The lowest BCUT2D eigenvalue weighted by molar-refractivity contribution is 0.146. The molecule has 0 unspecified atom stereocenters. The van der Waals surface area contributed by atoms with Crippen molar-refractivity contribution >= 4 is 16.3 Å². The molecule has 0 aliphatic carbocycles. The van der Waals surface area contributed by atoms with Crippen molar-refractivity contribution in [2.75, 3.05) is 7.05 Å². The predicted octanol–water partition coefficient (Wildman–Crippen LogP) is 0.229. The van der Waals surface area contributed by atoms with Crippen molar-refractivity contribution in [3.63, 3.8) is 0 Å². The second kappa shape index (κ2) is 3.51. The summed E-state index contributed by atoms with van der Waals surface area (Å²) in [6, 6.07) is 0. The van der Waals surface area contributed by atoms with Gasteiger partial charge in [0.15, 0.2) is 0 Å². The molecule has 0 aromatic carbocycles. The van der Waals surface area contributed by atoms with E-state index in [1.165, 1.54) is 20.8 Å². The molecule has 0 aromatic heterocycles. The molecule has 0 saturated heterocycles. The molecule has 0 bridgehead atoms. The average Bonchev–Trinajstić information content (AvgIpc) is 1.82. The standard InChI is InChI=1S/C6H14N2O4S/c1-6(2,3)8(5(9)10)13(11,12)7-4/h7H,1-4H3,(H,9,10). The van der Waals surface area contributed by atoms with E-state index in [0.29, 0.717) is 4.31 Å². The van der Waals surface area contributed by atoms with Crippen molar-refractivity contribution in [2.24, 2.45) is 0 Å². The van der Waals surface area contributed by atoms with Crippen LogP contribution in [0, 0.1) is 0 Å². The van der Waals surface area contributed by atoms with Crippen LogP contribution in [0.1, 0.15) is 20.8 Å². The summed E-state index contributed by atoms with van der Waals surface area (Å²) in [5, 5.41) is 8.68. The smallest absolute Gasteiger partial charge is 0.422 e. The Bertz CT molecular complexity index is 290. The third kappa shape index (κ3) is 2.85. The zero-order valence-corrected chi connectivity index (χ0v) is 8.84. The van der Waals surface area contributed by atoms with E-state index in [1.807, 2.05) is 4.72 Å². The number of carboxylic acid groups (broad SMARTS) is 1. The van der Waals surface area contributed by atoms with E-state index in [-0.39, 0.29) is 0 Å². The minimum Gasteiger partial charge on any atom is -0.464 e. The number of nitrogens with one attached hydrogen (secondary N) is 1. The quantitative estimate of drug-likeness (QED) is 0.683. The van der Waals surface area contributed by atoms with Gasteiger partial charge in [-0.1, -0.05) is 0 Å². The van der Waals surface area contributed by atoms with Crippen LogP contribution < -0.4 is 4.72 Å². The first-order chi connectivity index (χ1) is 5.63. The summed E-state index contributed by atoms with van der Waals surface area (Å²) in [5.41, 5.74) is -0.992. The van der Waals surface area contributed by atoms with E-state index in [4.69, 9.17) is 5.11 Å². The summed E-state index contributed by atoms with van der Waals surface area (Å²) in [7, 11) is -2.77. The molecule has 13 heavy (non-hydrogen) atoms. The average molecular weight is 210 g/mol. The number of hydrogen-bond donors (Lipinski definition) is 2. The first-order valence-electron chi connectivity index (χ1n) is 3.59. The SMILES string of the molecule is CNS(=O)(=O)N(C(=O)O)C(C)(C)C. The Balaban J connectivity index is 5.20. The molecule has 0 rings (SSSR count). The Labute approximate surface area is 77.7 Å². The van der Waals surface area contributed by atoms with Crippen molar-refractivity contribution in [3.8, 4) is 0 Å². The lowest BCUT2D eigenvalue weighted by atomic mass is 10.1. The van der Waals surface area contributed by atoms with Crippen molar-refractivity contribution < 1.29 is 18.3 Å². The fourth-order valence-corrected chi connectivity index (χ4v) is 1.95. The molecule has 0 radical (unpaired) electrons. The molecule has 78 valence electrons. The largest absolute Gasteiger partial charge is 0.464 e. The Morgan fingerprint density at radius 1 is 1.38 bits per heavy atom. The maximum absolute atomic E-state index is 11.2. The molecule has 6 nitrogen and oxygen atoms in total. The van der Waals surface area contributed by atoms with E-state index >= 15 is 0 Å². The second-order valence-electron chi connectivity index (χ2n) is 3.43. The monoisotopic (exact) mass is 210 g/mol. The number of carbonyl (C=O) groups is 1. The van der Waals surface area contributed by atoms with Crippen LogP contribution in [0.25, 0.3) is 0 Å². The molecule has 1 amide bonds. The molecular weight excluding hydrogens is 196 g/mol. The normalized spacial score (nSPS) is 12.6. The van der Waals surface area contributed by atoms with Crippen LogP contribution in [0.5, 0.6) is 0 Å². The fraction of sp³-hybridized carbons (Fsp3) is 0.833. The highest BCUT2D eigenvalue weighted by Gasteiger charge is 2.36. The predicted molar refractivity (Wildman–Crippen MR) is 47.6 cm³/mol. The Morgan fingerprint density at radius 3 is 1.85 bits per heavy atom. The van der Waals surface area contributed by atoms with E-state index in [1.54, 1.807) is 0 Å². The highest BCUT2D eigenvalue weighted by atomic mass is 32.2. The van der Waals surface area contributed by atoms with Gasteiger partial charge >= 0.3 is 16.3 Å². The van der Waals surface area contributed by atoms with Crippen LogP contribution in [0.2, 0.25) is 0 Å². The molecule has 0 atom stereocenters. The molecule has 0 saturated carbocycles. The van der Waals surface area contributed by atoms with Crippen LogP contribution in [-0.4, -0.2) is 36.5 Å². The van der Waals surface area contributed by atoms with Gasteiger partial charge in [-0.05, 0) is 20.8 Å². The van der Waals surface area contributed by atoms with E-state index in [0.717, 1.165) is 7.05 Å². The van der Waals surface area contributed by atoms with Gasteiger partial charge in [0.1, 0.15) is 0 Å². The summed E-state index contributed by atoms with van der Waals surface area (Å²) in [6.45, 7) is 4.49. The van der Waals surface area contributed by atoms with Gasteiger partial charge in [0, 0.05) is 7.05 Å². The second-order valence-corrected chi connectivity index (χ2v) is 5.15. The van der Waals surface area contributed by atoms with Gasteiger partial charge < -0.3 is 5.11 Å². The lowest BCUT2D eigenvalue weighted by Crippen LogP contribution is -2.52. The van der Waals surface area contributed by atoms with Crippen LogP contribution in [0.4, 0.5) is 4.79 Å². The maximum Gasteiger partial charge on any atom is 0.422 e. The minimum atomic E-state index is -3.93. The van der Waals surface area contributed by atoms with Crippen molar-refractivity contribution in [1.82, 2.24) is 9.03 Å². The summed E-state index contributed by atoms with van der Waals surface area (Å²) < 4.78 is 24.8. The van der Waals surface area contributed by atoms with Gasteiger partial charge in [-0.3, -0.25) is 0 Å². The molecule has 0 aromatic rings. The first-order valence-corrected chi connectivity index (χ1v) is 5.04. The van der Waals surface area contributed by atoms with Crippen LogP contribution in [0.3, 0.4) is 0 Å². The molecule has 2 N–H and O–H groups in total. The van der Waals surface area contributed by atoms with Crippen LogP contribution in [0.15, 0.2) is 0 Å². The molecule has 0 fully saturated rings. The van der Waals surface area contributed by atoms with Crippen molar-refractivity contribution in [3.05, 3.63) is 0 Å². The van der Waals surface area contributed by atoms with Gasteiger partial charge in [-0.15, -0.1) is 0 Å². The molecule has 0 spiro atoms. The zero-order chi connectivity index (χ0) is 10.9. The van der Waals surface area contributed by atoms with E-state index in [2.05, 4.69) is 0 Å². The highest BCUT2D eigenvalue weighted by molar-refractivity contribution is 7.87. The molecular formula is C6H14N2O4S. The van der Waals surface area contributed by atoms with Crippen molar-refractivity contribution in [2.45, 2.75) is 26.3 Å². The summed E-state index contributed by atoms with van der Waals surface area (Å²) >= 11 is 0. The zero-order valence-electron chi connectivity index (χ0n) is 8.03. The first kappa shape index (κ1) is 12.2. The number of hydrogen-bond acceptors (Lipinski definition) is 3. The summed E-state index contributed by atoms with van der Waals surface area (Å²) in [4.78, 5) is 10.7. The Hall–Kier alpha value is -0.820. The number of amides is 1. The number of rotatable bonds is 2. The minimum absolute atomic E-state index is 0.375. The van der Waals surface area contributed by atoms with Crippen molar-refractivity contribution in [1.29, 1.82) is 0 Å². The molecule has 0 heterocycles. The van der Waals surface area contributed by atoms with Crippen LogP contribution >= 0.6 is 0 Å². The Kier molecular flexibility index (Phi) is 3.28. The van der Waals surface area contributed by atoms with Gasteiger partial charge in [0.2, 0.25) is 0 Å². The topological polar surface area (TPSA) is 86.7 Å². The van der Waals surface area contributed by atoms with E-state index in [9.17, 15) is 13.2 Å². The summed E-state index contributed by atoms with van der Waals surface area (Å²) in [6.07, 6.45) is -1.50.